The van der Waals surface area contributed by atoms with E-state index in [0.29, 0.717) is 16.5 Å². The van der Waals surface area contributed by atoms with Gasteiger partial charge in [-0.25, -0.2) is 4.79 Å². The molecule has 2 rings (SSSR count). The van der Waals surface area contributed by atoms with Crippen molar-refractivity contribution in [3.63, 3.8) is 0 Å². The maximum atomic E-state index is 11.6. The van der Waals surface area contributed by atoms with Crippen LogP contribution in [0.1, 0.15) is 46.5 Å². The van der Waals surface area contributed by atoms with Gasteiger partial charge in [-0.05, 0) is 30.7 Å². The molecule has 2 N–H and O–H groups in total. The Kier molecular flexibility index (Phi) is 2.69. The van der Waals surface area contributed by atoms with Crippen molar-refractivity contribution in [2.24, 2.45) is 0 Å². The fourth-order valence-electron chi connectivity index (χ4n) is 2.24. The van der Waals surface area contributed by atoms with Gasteiger partial charge < -0.3 is 10.5 Å². The minimum Gasteiger partial charge on any atom is -0.465 e. The highest BCUT2D eigenvalue weighted by Gasteiger charge is 2.28. The molecule has 1 aromatic rings. The van der Waals surface area contributed by atoms with Crippen molar-refractivity contribution < 1.29 is 9.53 Å². The van der Waals surface area contributed by atoms with E-state index in [1.165, 1.54) is 18.4 Å². The minimum atomic E-state index is -0.293. The summed E-state index contributed by atoms with van der Waals surface area (Å²) in [5.41, 5.74) is 7.63. The van der Waals surface area contributed by atoms with Crippen LogP contribution in [0.4, 0.5) is 5.00 Å². The molecule has 1 heterocycles. The molecule has 82 valence electrons. The molecule has 1 aromatic heterocycles. The number of ether oxygens (including phenoxy) is 1. The van der Waals surface area contributed by atoms with E-state index < -0.39 is 0 Å². The third-order valence-electron chi connectivity index (χ3n) is 2.97. The molecule has 1 atom stereocenters. The van der Waals surface area contributed by atoms with Crippen LogP contribution in [0.2, 0.25) is 0 Å². The van der Waals surface area contributed by atoms with Gasteiger partial charge >= 0.3 is 5.97 Å². The van der Waals surface area contributed by atoms with Gasteiger partial charge in [0.2, 0.25) is 0 Å². The Morgan fingerprint density at radius 2 is 2.33 bits per heavy atom. The average Bonchev–Trinajstić information content (AvgIpc) is 2.55. The van der Waals surface area contributed by atoms with Crippen molar-refractivity contribution in [2.45, 2.75) is 32.1 Å². The lowest BCUT2D eigenvalue weighted by Gasteiger charge is -2.19. The van der Waals surface area contributed by atoms with E-state index in [2.05, 4.69) is 6.92 Å². The Morgan fingerprint density at radius 3 is 3.00 bits per heavy atom. The van der Waals surface area contributed by atoms with Crippen LogP contribution in [0.5, 0.6) is 0 Å². The zero-order valence-electron chi connectivity index (χ0n) is 9.00. The van der Waals surface area contributed by atoms with Crippen LogP contribution in [0.3, 0.4) is 0 Å². The highest BCUT2D eigenvalue weighted by atomic mass is 32.1. The number of carbonyl (C=O) groups excluding carboxylic acids is 1. The number of anilines is 1. The maximum absolute atomic E-state index is 11.6. The molecule has 0 aliphatic heterocycles. The first-order valence-corrected chi connectivity index (χ1v) is 5.96. The number of hydrogen-bond acceptors (Lipinski definition) is 4. The fraction of sp³-hybridized carbons (Fsp3) is 0.545. The maximum Gasteiger partial charge on any atom is 0.341 e. The second kappa shape index (κ2) is 3.85. The molecule has 0 aromatic carbocycles. The van der Waals surface area contributed by atoms with Gasteiger partial charge in [0.05, 0.1) is 12.7 Å². The van der Waals surface area contributed by atoms with Crippen molar-refractivity contribution in [1.82, 2.24) is 0 Å². The number of fused-ring (bicyclic) bond motifs is 1. The molecule has 3 nitrogen and oxygen atoms in total. The first kappa shape index (κ1) is 10.5. The van der Waals surface area contributed by atoms with Gasteiger partial charge in [-0.15, -0.1) is 11.3 Å². The molecule has 0 bridgehead atoms. The van der Waals surface area contributed by atoms with Crippen LogP contribution in [0.15, 0.2) is 0 Å². The number of aryl methyl sites for hydroxylation is 1. The monoisotopic (exact) mass is 225 g/mol. The molecule has 4 heteroatoms. The Morgan fingerprint density at radius 1 is 1.60 bits per heavy atom. The third kappa shape index (κ3) is 1.63. The van der Waals surface area contributed by atoms with Crippen molar-refractivity contribution in [3.05, 3.63) is 16.0 Å². The summed E-state index contributed by atoms with van der Waals surface area (Å²) < 4.78 is 4.78. The fourth-order valence-corrected chi connectivity index (χ4v) is 3.46. The molecular formula is C11H15NO2S. The molecule has 0 radical (unpaired) electrons. The molecule has 0 spiro atoms. The Hall–Kier alpha value is -1.03. The number of carbonyl (C=O) groups is 1. The number of methoxy groups -OCH3 is 1. The molecular weight excluding hydrogens is 210 g/mol. The first-order chi connectivity index (χ1) is 7.15. The molecule has 1 aliphatic carbocycles. The lowest BCUT2D eigenvalue weighted by molar-refractivity contribution is 0.0600. The van der Waals surface area contributed by atoms with Gasteiger partial charge in [0.15, 0.2) is 0 Å². The average molecular weight is 225 g/mol. The molecule has 1 aliphatic rings. The SMILES string of the molecule is COC(=O)c1c(N)sc2c1[C@@H](C)CCC2. The van der Waals surface area contributed by atoms with Crippen molar-refractivity contribution in [3.8, 4) is 0 Å². The number of hydrogen-bond donors (Lipinski definition) is 1. The molecule has 15 heavy (non-hydrogen) atoms. The van der Waals surface area contributed by atoms with E-state index in [1.54, 1.807) is 11.3 Å². The van der Waals surface area contributed by atoms with Gasteiger partial charge in [0.25, 0.3) is 0 Å². The summed E-state index contributed by atoms with van der Waals surface area (Å²) in [4.78, 5) is 12.9. The topological polar surface area (TPSA) is 52.3 Å². The lowest BCUT2D eigenvalue weighted by Crippen LogP contribution is -2.11. The molecule has 0 saturated carbocycles. The van der Waals surface area contributed by atoms with E-state index in [0.717, 1.165) is 18.4 Å². The van der Waals surface area contributed by atoms with Crippen LogP contribution in [0, 0.1) is 0 Å². The highest BCUT2D eigenvalue weighted by Crippen LogP contribution is 2.42. The zero-order valence-corrected chi connectivity index (χ0v) is 9.82. The van der Waals surface area contributed by atoms with Crippen LogP contribution in [-0.4, -0.2) is 13.1 Å². The normalized spacial score (nSPS) is 19.7. The zero-order chi connectivity index (χ0) is 11.0. The first-order valence-electron chi connectivity index (χ1n) is 5.14. The summed E-state index contributed by atoms with van der Waals surface area (Å²) in [6.45, 7) is 2.15. The van der Waals surface area contributed by atoms with Gasteiger partial charge in [0.1, 0.15) is 5.00 Å². The van der Waals surface area contributed by atoms with E-state index in [-0.39, 0.29) is 5.97 Å². The van der Waals surface area contributed by atoms with E-state index in [4.69, 9.17) is 10.5 Å². The minimum absolute atomic E-state index is 0.293. The number of rotatable bonds is 1. The Balaban J connectivity index is 2.54. The Bertz CT molecular complexity index is 398. The summed E-state index contributed by atoms with van der Waals surface area (Å²) >= 11 is 1.54. The molecule has 0 saturated heterocycles. The Labute approximate surface area is 93.2 Å². The predicted molar refractivity (Wildman–Crippen MR) is 61.4 cm³/mol. The van der Waals surface area contributed by atoms with Crippen LogP contribution in [-0.2, 0) is 11.2 Å². The van der Waals surface area contributed by atoms with E-state index in [9.17, 15) is 4.79 Å². The second-order valence-corrected chi connectivity index (χ2v) is 5.10. The molecule has 0 fully saturated rings. The summed E-state index contributed by atoms with van der Waals surface area (Å²) in [6.07, 6.45) is 3.37. The van der Waals surface area contributed by atoms with Crippen LogP contribution < -0.4 is 5.73 Å². The predicted octanol–water partition coefficient (Wildman–Crippen LogP) is 2.56. The van der Waals surface area contributed by atoms with Crippen molar-refractivity contribution >= 4 is 22.3 Å². The second-order valence-electron chi connectivity index (χ2n) is 3.96. The van der Waals surface area contributed by atoms with E-state index >= 15 is 0 Å². The summed E-state index contributed by atoms with van der Waals surface area (Å²) in [6, 6.07) is 0. The molecule has 0 unspecified atom stereocenters. The van der Waals surface area contributed by atoms with Crippen LogP contribution in [0.25, 0.3) is 0 Å². The van der Waals surface area contributed by atoms with Gasteiger partial charge in [-0.2, -0.15) is 0 Å². The van der Waals surface area contributed by atoms with E-state index in [1.807, 2.05) is 0 Å². The standard InChI is InChI=1S/C11H15NO2S/c1-6-4-3-5-7-8(6)9(10(12)15-7)11(13)14-2/h6H,3-5,12H2,1-2H3/t6-/m0/s1. The highest BCUT2D eigenvalue weighted by molar-refractivity contribution is 7.16. The van der Waals surface area contributed by atoms with Crippen molar-refractivity contribution in [1.29, 1.82) is 0 Å². The lowest BCUT2D eigenvalue weighted by atomic mass is 9.86. The van der Waals surface area contributed by atoms with Gasteiger partial charge in [-0.1, -0.05) is 6.92 Å². The largest absolute Gasteiger partial charge is 0.465 e. The van der Waals surface area contributed by atoms with Crippen molar-refractivity contribution in [2.75, 3.05) is 12.8 Å². The van der Waals surface area contributed by atoms with Gasteiger partial charge in [-0.3, -0.25) is 0 Å². The summed E-state index contributed by atoms with van der Waals surface area (Å²) in [5.74, 6) is 0.134. The number of thiophene rings is 1. The summed E-state index contributed by atoms with van der Waals surface area (Å²) in [5, 5.41) is 0.612. The number of nitrogen functional groups attached to an aromatic ring is 1. The van der Waals surface area contributed by atoms with Gasteiger partial charge in [0, 0.05) is 4.88 Å². The number of nitrogens with two attached hydrogens (primary N) is 1. The number of esters is 1. The third-order valence-corrected chi connectivity index (χ3v) is 4.07. The smallest absolute Gasteiger partial charge is 0.341 e. The quantitative estimate of drug-likeness (QED) is 0.747. The summed E-state index contributed by atoms with van der Waals surface area (Å²) in [7, 11) is 1.40. The van der Waals surface area contributed by atoms with Crippen LogP contribution >= 0.6 is 11.3 Å². The molecule has 0 amide bonds.